The zero-order valence-corrected chi connectivity index (χ0v) is 8.71. The molecule has 1 heterocycles. The van der Waals surface area contributed by atoms with Crippen LogP contribution in [-0.4, -0.2) is 13.1 Å². The molecule has 0 saturated carbocycles. The summed E-state index contributed by atoms with van der Waals surface area (Å²) in [6, 6.07) is 3.61. The van der Waals surface area contributed by atoms with Crippen LogP contribution in [-0.2, 0) is 5.67 Å². The molecule has 0 radical (unpaired) electrons. The van der Waals surface area contributed by atoms with Crippen molar-refractivity contribution in [1.29, 1.82) is 0 Å². The first-order chi connectivity index (χ1) is 6.63. The highest BCUT2D eigenvalue weighted by Crippen LogP contribution is 2.34. The molecule has 0 aliphatic carbocycles. The van der Waals surface area contributed by atoms with Gasteiger partial charge in [0.05, 0.1) is 0 Å². The molecule has 1 N–H and O–H groups in total. The second-order valence-electron chi connectivity index (χ2n) is 3.49. The second-order valence-corrected chi connectivity index (χ2v) is 3.49. The van der Waals surface area contributed by atoms with Crippen LogP contribution in [0.5, 0.6) is 0 Å². The van der Waals surface area contributed by atoms with Gasteiger partial charge in [0.2, 0.25) is 0 Å². The Labute approximate surface area is 92.1 Å². The van der Waals surface area contributed by atoms with Crippen LogP contribution in [0, 0.1) is 11.6 Å². The minimum absolute atomic E-state index is 0. The van der Waals surface area contributed by atoms with Crippen molar-refractivity contribution in [3.8, 4) is 0 Å². The Kier molecular flexibility index (Phi) is 3.62. The van der Waals surface area contributed by atoms with E-state index in [2.05, 4.69) is 5.32 Å². The average molecular weight is 238 g/mol. The number of nitrogens with one attached hydrogen (secondary N) is 1. The summed E-state index contributed by atoms with van der Waals surface area (Å²) in [4.78, 5) is 0. The van der Waals surface area contributed by atoms with E-state index >= 15 is 0 Å². The van der Waals surface area contributed by atoms with Gasteiger partial charge < -0.3 is 5.32 Å². The maximum Gasteiger partial charge on any atom is 0.165 e. The van der Waals surface area contributed by atoms with Gasteiger partial charge in [-0.25, -0.2) is 13.2 Å². The number of halogens is 4. The minimum atomic E-state index is -1.76. The van der Waals surface area contributed by atoms with E-state index in [1.165, 1.54) is 12.1 Å². The number of hydrogen-bond acceptors (Lipinski definition) is 1. The average Bonchev–Trinajstić information content (AvgIpc) is 2.58. The lowest BCUT2D eigenvalue weighted by Crippen LogP contribution is -2.25. The van der Waals surface area contributed by atoms with Gasteiger partial charge in [0.15, 0.2) is 17.3 Å². The number of rotatable bonds is 1. The van der Waals surface area contributed by atoms with Gasteiger partial charge in [0.1, 0.15) is 0 Å². The zero-order valence-electron chi connectivity index (χ0n) is 7.90. The Bertz CT molecular complexity index is 351. The zero-order chi connectivity index (χ0) is 10.2. The molecule has 2 rings (SSSR count). The predicted molar refractivity (Wildman–Crippen MR) is 53.9 cm³/mol. The van der Waals surface area contributed by atoms with Crippen molar-refractivity contribution in [2.75, 3.05) is 13.1 Å². The number of benzene rings is 1. The summed E-state index contributed by atoms with van der Waals surface area (Å²) in [5.41, 5.74) is -1.94. The van der Waals surface area contributed by atoms with Crippen molar-refractivity contribution in [2.45, 2.75) is 12.1 Å². The normalized spacial score (nSPS) is 25.0. The van der Waals surface area contributed by atoms with Gasteiger partial charge in [-0.3, -0.25) is 0 Å². The van der Waals surface area contributed by atoms with Gasteiger partial charge in [-0.15, -0.1) is 12.4 Å². The van der Waals surface area contributed by atoms with Gasteiger partial charge in [-0.2, -0.15) is 0 Å². The summed E-state index contributed by atoms with van der Waals surface area (Å²) < 4.78 is 40.1. The smallest absolute Gasteiger partial charge is 0.165 e. The maximum absolute atomic E-state index is 14.0. The Morgan fingerprint density at radius 2 is 2.00 bits per heavy atom. The first kappa shape index (κ1) is 12.3. The standard InChI is InChI=1S/C10H10F3N.ClH/c11-8-3-1-2-7(9(8)12)10(13)4-5-14-6-10;/h1-3,14H,4-6H2;1H. The van der Waals surface area contributed by atoms with E-state index in [0.29, 0.717) is 6.54 Å². The van der Waals surface area contributed by atoms with E-state index in [4.69, 9.17) is 0 Å². The summed E-state index contributed by atoms with van der Waals surface area (Å²) in [5.74, 6) is -2.06. The number of alkyl halides is 1. The molecule has 1 fully saturated rings. The van der Waals surface area contributed by atoms with Gasteiger partial charge >= 0.3 is 0 Å². The fourth-order valence-electron chi connectivity index (χ4n) is 1.74. The number of hydrogen-bond donors (Lipinski definition) is 1. The molecule has 0 bridgehead atoms. The van der Waals surface area contributed by atoms with Gasteiger partial charge in [0.25, 0.3) is 0 Å². The van der Waals surface area contributed by atoms with Crippen LogP contribution in [0.15, 0.2) is 18.2 Å². The van der Waals surface area contributed by atoms with Crippen molar-refractivity contribution in [3.05, 3.63) is 35.4 Å². The first-order valence-electron chi connectivity index (χ1n) is 4.48. The molecule has 1 aliphatic rings. The molecule has 1 aliphatic heterocycles. The highest BCUT2D eigenvalue weighted by atomic mass is 35.5. The van der Waals surface area contributed by atoms with Crippen LogP contribution < -0.4 is 5.32 Å². The maximum atomic E-state index is 14.0. The van der Waals surface area contributed by atoms with Crippen LogP contribution in [0.2, 0.25) is 0 Å². The third-order valence-electron chi connectivity index (χ3n) is 2.54. The summed E-state index contributed by atoms with van der Waals surface area (Å²) >= 11 is 0. The summed E-state index contributed by atoms with van der Waals surface area (Å²) in [6.45, 7) is 0.541. The molecular weight excluding hydrogens is 227 g/mol. The van der Waals surface area contributed by atoms with E-state index in [0.717, 1.165) is 6.07 Å². The van der Waals surface area contributed by atoms with E-state index < -0.39 is 17.3 Å². The van der Waals surface area contributed by atoms with E-state index in [9.17, 15) is 13.2 Å². The van der Waals surface area contributed by atoms with Gasteiger partial charge in [-0.1, -0.05) is 12.1 Å². The van der Waals surface area contributed by atoms with E-state index in [1.54, 1.807) is 0 Å². The van der Waals surface area contributed by atoms with Crippen LogP contribution in [0.1, 0.15) is 12.0 Å². The molecule has 1 nitrogen and oxygen atoms in total. The topological polar surface area (TPSA) is 12.0 Å². The lowest BCUT2D eigenvalue weighted by Gasteiger charge is -2.19. The predicted octanol–water partition coefficient (Wildman–Crippen LogP) is 2.54. The van der Waals surface area contributed by atoms with Crippen LogP contribution in [0.3, 0.4) is 0 Å². The lowest BCUT2D eigenvalue weighted by molar-refractivity contribution is 0.184. The highest BCUT2D eigenvalue weighted by Gasteiger charge is 2.38. The van der Waals surface area contributed by atoms with Crippen molar-refractivity contribution < 1.29 is 13.2 Å². The molecule has 84 valence electrons. The Hall–Kier alpha value is -0.740. The molecule has 0 amide bonds. The summed E-state index contributed by atoms with van der Waals surface area (Å²) in [5, 5.41) is 2.79. The third-order valence-corrected chi connectivity index (χ3v) is 2.54. The summed E-state index contributed by atoms with van der Waals surface area (Å²) in [7, 11) is 0. The van der Waals surface area contributed by atoms with Gasteiger partial charge in [-0.05, 0) is 19.0 Å². The molecule has 15 heavy (non-hydrogen) atoms. The SMILES string of the molecule is Cl.Fc1cccc(C2(F)CCNC2)c1F. The van der Waals surface area contributed by atoms with E-state index in [-0.39, 0.29) is 30.9 Å². The monoisotopic (exact) mass is 237 g/mol. The van der Waals surface area contributed by atoms with Gasteiger partial charge in [0, 0.05) is 12.1 Å². The molecule has 5 heteroatoms. The Morgan fingerprint density at radius 1 is 1.27 bits per heavy atom. The van der Waals surface area contributed by atoms with Crippen molar-refractivity contribution >= 4 is 12.4 Å². The van der Waals surface area contributed by atoms with Crippen LogP contribution in [0.4, 0.5) is 13.2 Å². The van der Waals surface area contributed by atoms with Crippen LogP contribution in [0.25, 0.3) is 0 Å². The van der Waals surface area contributed by atoms with Crippen molar-refractivity contribution in [2.24, 2.45) is 0 Å². The second kappa shape index (κ2) is 4.41. The Balaban J connectivity index is 0.00000112. The quantitative estimate of drug-likeness (QED) is 0.792. The molecule has 0 aromatic heterocycles. The molecule has 1 aromatic carbocycles. The van der Waals surface area contributed by atoms with Crippen molar-refractivity contribution in [1.82, 2.24) is 5.32 Å². The highest BCUT2D eigenvalue weighted by molar-refractivity contribution is 5.85. The molecule has 1 atom stereocenters. The molecule has 1 unspecified atom stereocenters. The minimum Gasteiger partial charge on any atom is -0.313 e. The summed E-state index contributed by atoms with van der Waals surface area (Å²) in [6.07, 6.45) is 0.188. The fraction of sp³-hybridized carbons (Fsp3) is 0.400. The van der Waals surface area contributed by atoms with E-state index in [1.807, 2.05) is 0 Å². The van der Waals surface area contributed by atoms with Crippen molar-refractivity contribution in [3.63, 3.8) is 0 Å². The molecule has 1 saturated heterocycles. The largest absolute Gasteiger partial charge is 0.313 e. The fourth-order valence-corrected chi connectivity index (χ4v) is 1.74. The first-order valence-corrected chi connectivity index (χ1v) is 4.48. The molecule has 1 aromatic rings. The third kappa shape index (κ3) is 2.11. The lowest BCUT2D eigenvalue weighted by atomic mass is 9.94. The molecular formula is C10H11ClF3N. The van der Waals surface area contributed by atoms with Crippen LogP contribution >= 0.6 is 12.4 Å². The molecule has 0 spiro atoms. The Morgan fingerprint density at radius 3 is 2.60 bits per heavy atom.